The van der Waals surface area contributed by atoms with Crippen LogP contribution in [-0.4, -0.2) is 27.3 Å². The molecule has 0 unspecified atom stereocenters. The molecular formula is C22H36O4. The van der Waals surface area contributed by atoms with Gasteiger partial charge >= 0.3 is 0 Å². The van der Waals surface area contributed by atoms with Gasteiger partial charge in [0.2, 0.25) is 0 Å². The fourth-order valence-electron chi connectivity index (χ4n) is 2.75. The molecule has 0 heterocycles. The number of unbranched alkanes of at least 4 members (excludes halogenated alkanes) is 7. The quantitative estimate of drug-likeness (QED) is 0.198. The van der Waals surface area contributed by atoms with Crippen LogP contribution in [0.5, 0.6) is 0 Å². The maximum atomic E-state index is 5.45. The number of hydrogen-bond donors (Lipinski definition) is 0. The highest BCUT2D eigenvalue weighted by atomic mass is 16.7. The van der Waals surface area contributed by atoms with Crippen molar-refractivity contribution >= 4 is 0 Å². The molecule has 0 aromatic heterocycles. The Morgan fingerprint density at radius 2 is 1.50 bits per heavy atom. The normalized spacial score (nSPS) is 11.5. The Balaban J connectivity index is 1.79. The number of allylic oxidation sites excluding steroid dienone is 1. The minimum atomic E-state index is -0.0345. The van der Waals surface area contributed by atoms with Gasteiger partial charge in [-0.2, -0.15) is 0 Å². The van der Waals surface area contributed by atoms with Crippen molar-refractivity contribution < 1.29 is 18.9 Å². The third kappa shape index (κ3) is 12.9. The Bertz CT molecular complexity index is 429. The molecule has 0 bridgehead atoms. The lowest BCUT2D eigenvalue weighted by atomic mass is 10.1. The van der Waals surface area contributed by atoms with E-state index in [9.17, 15) is 0 Å². The minimum absolute atomic E-state index is 0.0345. The van der Waals surface area contributed by atoms with Crippen LogP contribution in [0.4, 0.5) is 0 Å². The molecule has 1 aromatic rings. The second kappa shape index (κ2) is 17.1. The molecule has 0 atom stereocenters. The van der Waals surface area contributed by atoms with Gasteiger partial charge in [0.1, 0.15) is 0 Å². The van der Waals surface area contributed by atoms with Crippen LogP contribution in [0, 0.1) is 0 Å². The van der Waals surface area contributed by atoms with Crippen LogP contribution >= 0.6 is 0 Å². The Morgan fingerprint density at radius 1 is 0.846 bits per heavy atom. The SMILES string of the molecule is COC(CCCCCCCCCC=COCOCc1ccccc1)OC. The van der Waals surface area contributed by atoms with E-state index in [1.54, 1.807) is 20.5 Å². The molecule has 0 saturated carbocycles. The van der Waals surface area contributed by atoms with E-state index in [2.05, 4.69) is 6.08 Å². The van der Waals surface area contributed by atoms with E-state index in [0.29, 0.717) is 13.4 Å². The summed E-state index contributed by atoms with van der Waals surface area (Å²) >= 11 is 0. The minimum Gasteiger partial charge on any atom is -0.475 e. The highest BCUT2D eigenvalue weighted by molar-refractivity contribution is 5.13. The molecule has 0 N–H and O–H groups in total. The zero-order valence-electron chi connectivity index (χ0n) is 16.5. The maximum absolute atomic E-state index is 5.45. The molecule has 4 nitrogen and oxygen atoms in total. The highest BCUT2D eigenvalue weighted by Gasteiger charge is 2.03. The van der Waals surface area contributed by atoms with E-state index < -0.39 is 0 Å². The van der Waals surface area contributed by atoms with Crippen LogP contribution < -0.4 is 0 Å². The topological polar surface area (TPSA) is 36.9 Å². The van der Waals surface area contributed by atoms with Gasteiger partial charge in [0.15, 0.2) is 13.1 Å². The summed E-state index contributed by atoms with van der Waals surface area (Å²) in [6.07, 6.45) is 14.8. The lowest BCUT2D eigenvalue weighted by Gasteiger charge is -2.12. The number of methoxy groups -OCH3 is 2. The smallest absolute Gasteiger partial charge is 0.188 e. The highest BCUT2D eigenvalue weighted by Crippen LogP contribution is 2.12. The summed E-state index contributed by atoms with van der Waals surface area (Å²) in [5, 5.41) is 0. The van der Waals surface area contributed by atoms with Crippen molar-refractivity contribution in [2.24, 2.45) is 0 Å². The molecule has 0 spiro atoms. The molecule has 0 aliphatic rings. The van der Waals surface area contributed by atoms with Crippen molar-refractivity contribution in [3.8, 4) is 0 Å². The molecule has 0 aliphatic heterocycles. The van der Waals surface area contributed by atoms with Gasteiger partial charge in [0, 0.05) is 14.2 Å². The van der Waals surface area contributed by atoms with Gasteiger partial charge in [0.05, 0.1) is 12.9 Å². The fraction of sp³-hybridized carbons (Fsp3) is 0.636. The summed E-state index contributed by atoms with van der Waals surface area (Å²) in [4.78, 5) is 0. The zero-order valence-corrected chi connectivity index (χ0v) is 16.5. The third-order valence-electron chi connectivity index (χ3n) is 4.29. The second-order valence-corrected chi connectivity index (χ2v) is 6.44. The molecular weight excluding hydrogens is 328 g/mol. The fourth-order valence-corrected chi connectivity index (χ4v) is 2.75. The molecule has 148 valence electrons. The van der Waals surface area contributed by atoms with Gasteiger partial charge in [-0.25, -0.2) is 0 Å². The zero-order chi connectivity index (χ0) is 18.7. The first kappa shape index (κ1) is 22.7. The van der Waals surface area contributed by atoms with Gasteiger partial charge in [0.25, 0.3) is 0 Å². The standard InChI is InChI=1S/C22H36O4/c1-23-22(24-2)17-13-8-6-4-3-5-7-9-14-18-25-20-26-19-21-15-11-10-12-16-21/h10-12,14-16,18,22H,3-9,13,17,19-20H2,1-2H3. The first-order valence-corrected chi connectivity index (χ1v) is 9.80. The van der Waals surface area contributed by atoms with Crippen LogP contribution in [0.25, 0.3) is 0 Å². The number of rotatable bonds is 17. The van der Waals surface area contributed by atoms with E-state index in [0.717, 1.165) is 18.4 Å². The molecule has 0 fully saturated rings. The monoisotopic (exact) mass is 364 g/mol. The number of benzene rings is 1. The predicted molar refractivity (Wildman–Crippen MR) is 106 cm³/mol. The summed E-state index contributed by atoms with van der Waals surface area (Å²) in [5.41, 5.74) is 1.16. The van der Waals surface area contributed by atoms with Crippen LogP contribution in [0.1, 0.15) is 63.4 Å². The lowest BCUT2D eigenvalue weighted by molar-refractivity contribution is -0.107. The van der Waals surface area contributed by atoms with Crippen molar-refractivity contribution in [3.05, 3.63) is 48.2 Å². The molecule has 26 heavy (non-hydrogen) atoms. The van der Waals surface area contributed by atoms with Crippen LogP contribution in [0.2, 0.25) is 0 Å². The Kier molecular flexibility index (Phi) is 14.9. The molecule has 0 saturated heterocycles. The van der Waals surface area contributed by atoms with Crippen molar-refractivity contribution in [3.63, 3.8) is 0 Å². The van der Waals surface area contributed by atoms with Gasteiger partial charge in [-0.15, -0.1) is 0 Å². The van der Waals surface area contributed by atoms with E-state index >= 15 is 0 Å². The summed E-state index contributed by atoms with van der Waals surface area (Å²) in [6.45, 7) is 0.894. The largest absolute Gasteiger partial charge is 0.475 e. The van der Waals surface area contributed by atoms with Gasteiger partial charge in [-0.1, -0.05) is 62.4 Å². The number of hydrogen-bond acceptors (Lipinski definition) is 4. The molecule has 0 aliphatic carbocycles. The van der Waals surface area contributed by atoms with E-state index in [-0.39, 0.29) is 6.29 Å². The summed E-state index contributed by atoms with van der Waals surface area (Å²) in [6, 6.07) is 10.1. The molecule has 0 amide bonds. The molecule has 0 radical (unpaired) electrons. The van der Waals surface area contributed by atoms with Crippen molar-refractivity contribution in [2.75, 3.05) is 21.0 Å². The Hall–Kier alpha value is -1.36. The summed E-state index contributed by atoms with van der Waals surface area (Å²) < 4.78 is 21.2. The van der Waals surface area contributed by atoms with Gasteiger partial charge in [-0.3, -0.25) is 0 Å². The van der Waals surface area contributed by atoms with E-state index in [4.69, 9.17) is 18.9 Å². The Morgan fingerprint density at radius 3 is 2.19 bits per heavy atom. The van der Waals surface area contributed by atoms with Crippen LogP contribution in [-0.2, 0) is 25.6 Å². The van der Waals surface area contributed by atoms with Gasteiger partial charge in [-0.05, 0) is 37.3 Å². The third-order valence-corrected chi connectivity index (χ3v) is 4.29. The predicted octanol–water partition coefficient (Wildman–Crippen LogP) is 5.82. The van der Waals surface area contributed by atoms with Crippen molar-refractivity contribution in [2.45, 2.75) is 70.7 Å². The summed E-state index contributed by atoms with van der Waals surface area (Å²) in [5.74, 6) is 0. The lowest BCUT2D eigenvalue weighted by Crippen LogP contribution is -2.12. The summed E-state index contributed by atoms with van der Waals surface area (Å²) in [7, 11) is 3.40. The Labute approximate surface area is 159 Å². The van der Waals surface area contributed by atoms with Crippen LogP contribution in [0.15, 0.2) is 42.7 Å². The first-order valence-electron chi connectivity index (χ1n) is 9.80. The molecule has 4 heteroatoms. The van der Waals surface area contributed by atoms with E-state index in [1.165, 1.54) is 44.9 Å². The molecule has 1 rings (SSSR count). The first-order chi connectivity index (χ1) is 12.9. The van der Waals surface area contributed by atoms with Gasteiger partial charge < -0.3 is 18.9 Å². The van der Waals surface area contributed by atoms with E-state index in [1.807, 2.05) is 30.3 Å². The van der Waals surface area contributed by atoms with Crippen molar-refractivity contribution in [1.29, 1.82) is 0 Å². The molecule has 1 aromatic carbocycles. The van der Waals surface area contributed by atoms with Crippen molar-refractivity contribution in [1.82, 2.24) is 0 Å². The number of ether oxygens (including phenoxy) is 4. The van der Waals surface area contributed by atoms with Crippen LogP contribution in [0.3, 0.4) is 0 Å². The second-order valence-electron chi connectivity index (χ2n) is 6.44. The average Bonchev–Trinajstić information content (AvgIpc) is 2.68. The average molecular weight is 365 g/mol. The maximum Gasteiger partial charge on any atom is 0.188 e.